The van der Waals surface area contributed by atoms with E-state index in [1.54, 1.807) is 0 Å². The molecule has 0 saturated carbocycles. The average Bonchev–Trinajstić information content (AvgIpc) is 2.27. The van der Waals surface area contributed by atoms with Gasteiger partial charge >= 0.3 is 0 Å². The zero-order valence-electron chi connectivity index (χ0n) is 9.42. The predicted molar refractivity (Wildman–Crippen MR) is 65.3 cm³/mol. The maximum Gasteiger partial charge on any atom is 0.251 e. The summed E-state index contributed by atoms with van der Waals surface area (Å²) in [7, 11) is -3.61. The highest BCUT2D eigenvalue weighted by molar-refractivity contribution is 7.89. The first-order valence-electron chi connectivity index (χ1n) is 4.98. The van der Waals surface area contributed by atoms with Crippen molar-refractivity contribution in [1.29, 1.82) is 0 Å². The number of primary sulfonamides is 1. The fraction of sp³-hybridized carbons (Fsp3) is 0.200. The molecular formula is C10H13N3O4S. The molecule has 1 aromatic carbocycles. The van der Waals surface area contributed by atoms with Crippen molar-refractivity contribution in [3.8, 4) is 0 Å². The Morgan fingerprint density at radius 3 is 2.39 bits per heavy atom. The van der Waals surface area contributed by atoms with Crippen molar-refractivity contribution in [2.75, 3.05) is 12.3 Å². The Hall–Kier alpha value is -1.93. The van der Waals surface area contributed by atoms with Gasteiger partial charge in [-0.25, -0.2) is 13.6 Å². The van der Waals surface area contributed by atoms with Gasteiger partial charge in [0.1, 0.15) is 0 Å². The number of primary amides is 1. The highest BCUT2D eigenvalue weighted by Crippen LogP contribution is 2.04. The molecule has 0 atom stereocenters. The smallest absolute Gasteiger partial charge is 0.251 e. The van der Waals surface area contributed by atoms with Gasteiger partial charge in [-0.2, -0.15) is 0 Å². The van der Waals surface area contributed by atoms with Gasteiger partial charge in [-0.3, -0.25) is 9.59 Å². The third-order valence-corrected chi connectivity index (χ3v) is 2.85. The first-order chi connectivity index (χ1) is 8.29. The average molecular weight is 271 g/mol. The fourth-order valence-electron chi connectivity index (χ4n) is 1.22. The zero-order valence-corrected chi connectivity index (χ0v) is 10.2. The van der Waals surface area contributed by atoms with Gasteiger partial charge in [0.05, 0.1) is 5.75 Å². The second-order valence-corrected chi connectivity index (χ2v) is 5.30. The molecule has 8 heteroatoms. The SMILES string of the molecule is NC(=O)c1cccc(C(=O)NCCS(N)(=O)=O)c1. The molecule has 0 unspecified atom stereocenters. The Bertz CT molecular complexity index is 568. The lowest BCUT2D eigenvalue weighted by Crippen LogP contribution is -2.31. The minimum atomic E-state index is -3.61. The molecule has 0 saturated heterocycles. The van der Waals surface area contributed by atoms with Crippen LogP contribution >= 0.6 is 0 Å². The second kappa shape index (κ2) is 5.61. The molecule has 0 radical (unpaired) electrons. The third-order valence-electron chi connectivity index (χ3n) is 2.08. The Morgan fingerprint density at radius 1 is 1.22 bits per heavy atom. The summed E-state index contributed by atoms with van der Waals surface area (Å²) >= 11 is 0. The lowest BCUT2D eigenvalue weighted by Gasteiger charge is -2.05. The van der Waals surface area contributed by atoms with E-state index in [-0.39, 0.29) is 23.4 Å². The van der Waals surface area contributed by atoms with Crippen LogP contribution in [0.1, 0.15) is 20.7 Å². The summed E-state index contributed by atoms with van der Waals surface area (Å²) in [4.78, 5) is 22.5. The monoisotopic (exact) mass is 271 g/mol. The van der Waals surface area contributed by atoms with Crippen molar-refractivity contribution >= 4 is 21.8 Å². The number of amides is 2. The molecule has 5 N–H and O–H groups in total. The number of sulfonamides is 1. The van der Waals surface area contributed by atoms with Crippen LogP contribution in [-0.4, -0.2) is 32.5 Å². The van der Waals surface area contributed by atoms with E-state index in [0.29, 0.717) is 0 Å². The van der Waals surface area contributed by atoms with E-state index in [1.807, 2.05) is 0 Å². The summed E-state index contributed by atoms with van der Waals surface area (Å²) in [5.74, 6) is -1.50. The first-order valence-corrected chi connectivity index (χ1v) is 6.69. The van der Waals surface area contributed by atoms with Crippen molar-refractivity contribution in [1.82, 2.24) is 5.32 Å². The second-order valence-electron chi connectivity index (χ2n) is 3.57. The lowest BCUT2D eigenvalue weighted by atomic mass is 10.1. The van der Waals surface area contributed by atoms with Gasteiger partial charge in [-0.1, -0.05) is 6.07 Å². The lowest BCUT2D eigenvalue weighted by molar-refractivity contribution is 0.0956. The number of carbonyl (C=O) groups excluding carboxylic acids is 2. The molecule has 0 heterocycles. The van der Waals surface area contributed by atoms with Crippen molar-refractivity contribution in [3.05, 3.63) is 35.4 Å². The van der Waals surface area contributed by atoms with Gasteiger partial charge < -0.3 is 11.1 Å². The van der Waals surface area contributed by atoms with Gasteiger partial charge in [0, 0.05) is 17.7 Å². The first kappa shape index (κ1) is 14.1. The molecule has 0 aliphatic rings. The number of carbonyl (C=O) groups is 2. The number of nitrogens with two attached hydrogens (primary N) is 2. The molecule has 1 aromatic rings. The Kier molecular flexibility index (Phi) is 4.40. The van der Waals surface area contributed by atoms with Crippen molar-refractivity contribution in [3.63, 3.8) is 0 Å². The topological polar surface area (TPSA) is 132 Å². The molecule has 0 bridgehead atoms. The number of rotatable bonds is 5. The van der Waals surface area contributed by atoms with Gasteiger partial charge in [-0.05, 0) is 18.2 Å². The normalized spacial score (nSPS) is 10.9. The summed E-state index contributed by atoms with van der Waals surface area (Å²) in [5.41, 5.74) is 5.50. The zero-order chi connectivity index (χ0) is 13.8. The van der Waals surface area contributed by atoms with E-state index in [0.717, 1.165) is 0 Å². The maximum atomic E-state index is 11.6. The minimum Gasteiger partial charge on any atom is -0.366 e. The molecule has 0 aromatic heterocycles. The van der Waals surface area contributed by atoms with E-state index < -0.39 is 21.8 Å². The molecular weight excluding hydrogens is 258 g/mol. The van der Waals surface area contributed by atoms with Crippen molar-refractivity contribution in [2.24, 2.45) is 10.9 Å². The summed E-state index contributed by atoms with van der Waals surface area (Å²) in [6.45, 7) is -0.0987. The molecule has 1 rings (SSSR count). The Balaban J connectivity index is 2.67. The number of nitrogens with one attached hydrogen (secondary N) is 1. The predicted octanol–water partition coefficient (Wildman–Crippen LogP) is -1.20. The Morgan fingerprint density at radius 2 is 1.83 bits per heavy atom. The van der Waals surface area contributed by atoms with Crippen molar-refractivity contribution in [2.45, 2.75) is 0 Å². The van der Waals surface area contributed by atoms with Crippen LogP contribution < -0.4 is 16.2 Å². The van der Waals surface area contributed by atoms with E-state index >= 15 is 0 Å². The third kappa shape index (κ3) is 4.52. The summed E-state index contributed by atoms with van der Waals surface area (Å²) in [6, 6.07) is 5.80. The number of benzene rings is 1. The van der Waals surface area contributed by atoms with E-state index in [4.69, 9.17) is 10.9 Å². The molecule has 98 valence electrons. The van der Waals surface area contributed by atoms with Gasteiger partial charge in [0.2, 0.25) is 15.9 Å². The van der Waals surface area contributed by atoms with Crippen LogP contribution in [0.2, 0.25) is 0 Å². The highest BCUT2D eigenvalue weighted by atomic mass is 32.2. The summed E-state index contributed by atoms with van der Waals surface area (Å²) < 4.78 is 21.3. The molecule has 0 aliphatic carbocycles. The Labute approximate surface area is 104 Å². The van der Waals surface area contributed by atoms with Crippen LogP contribution in [0.25, 0.3) is 0 Å². The summed E-state index contributed by atoms with van der Waals surface area (Å²) in [6.07, 6.45) is 0. The standard InChI is InChI=1S/C10H13N3O4S/c11-9(14)7-2-1-3-8(6-7)10(15)13-4-5-18(12,16)17/h1-3,6H,4-5H2,(H2,11,14)(H,13,15)(H2,12,16,17). The van der Waals surface area contributed by atoms with Gasteiger partial charge in [0.25, 0.3) is 5.91 Å². The van der Waals surface area contributed by atoms with E-state index in [9.17, 15) is 18.0 Å². The van der Waals surface area contributed by atoms with Crippen LogP contribution in [0.3, 0.4) is 0 Å². The fourth-order valence-corrected chi connectivity index (χ4v) is 1.61. The van der Waals surface area contributed by atoms with Crippen LogP contribution in [0.5, 0.6) is 0 Å². The van der Waals surface area contributed by atoms with E-state index in [1.165, 1.54) is 24.3 Å². The van der Waals surface area contributed by atoms with Crippen LogP contribution in [0.15, 0.2) is 24.3 Å². The summed E-state index contributed by atoms with van der Waals surface area (Å²) in [5, 5.41) is 7.16. The molecule has 0 spiro atoms. The minimum absolute atomic E-state index is 0.0987. The number of hydrogen-bond acceptors (Lipinski definition) is 4. The molecule has 2 amide bonds. The van der Waals surface area contributed by atoms with Gasteiger partial charge in [-0.15, -0.1) is 0 Å². The van der Waals surface area contributed by atoms with Crippen LogP contribution in [0.4, 0.5) is 0 Å². The largest absolute Gasteiger partial charge is 0.366 e. The van der Waals surface area contributed by atoms with Crippen molar-refractivity contribution < 1.29 is 18.0 Å². The highest BCUT2D eigenvalue weighted by Gasteiger charge is 2.09. The molecule has 7 nitrogen and oxygen atoms in total. The van der Waals surface area contributed by atoms with Crippen LogP contribution in [0, 0.1) is 0 Å². The van der Waals surface area contributed by atoms with Crippen LogP contribution in [-0.2, 0) is 10.0 Å². The quantitative estimate of drug-likeness (QED) is 0.620. The molecule has 18 heavy (non-hydrogen) atoms. The number of hydrogen-bond donors (Lipinski definition) is 3. The molecule has 0 aliphatic heterocycles. The van der Waals surface area contributed by atoms with Gasteiger partial charge in [0.15, 0.2) is 0 Å². The van der Waals surface area contributed by atoms with E-state index in [2.05, 4.69) is 5.32 Å². The maximum absolute atomic E-state index is 11.6. The molecule has 0 fully saturated rings.